The van der Waals surface area contributed by atoms with Gasteiger partial charge in [-0.15, -0.1) is 0 Å². The van der Waals surface area contributed by atoms with Gasteiger partial charge in [-0.3, -0.25) is 4.79 Å². The molecule has 2 N–H and O–H groups in total. The fourth-order valence-corrected chi connectivity index (χ4v) is 1.22. The fraction of sp³-hybridized carbons (Fsp3) is 0.375. The number of furan rings is 1. The van der Waals surface area contributed by atoms with Crippen molar-refractivity contribution in [3.05, 3.63) is 22.6 Å². The van der Waals surface area contributed by atoms with Crippen LogP contribution in [0.5, 0.6) is 0 Å². The minimum Gasteiger partial charge on any atom is -0.457 e. The Hall–Kier alpha value is -0.810. The molecule has 0 spiro atoms. The fourth-order valence-electron chi connectivity index (χ4n) is 0.803. The van der Waals surface area contributed by atoms with Crippen molar-refractivity contribution in [2.24, 2.45) is 0 Å². The van der Waals surface area contributed by atoms with Crippen LogP contribution in [0.2, 0.25) is 0 Å². The predicted octanol–water partition coefficient (Wildman–Crippen LogP) is 1.15. The van der Waals surface area contributed by atoms with E-state index in [1.807, 2.05) is 0 Å². The van der Waals surface area contributed by atoms with Crippen LogP contribution >= 0.6 is 15.9 Å². The van der Waals surface area contributed by atoms with E-state index in [4.69, 9.17) is 9.52 Å². The molecule has 0 aliphatic heterocycles. The van der Waals surface area contributed by atoms with Crippen LogP contribution in [0.25, 0.3) is 0 Å². The van der Waals surface area contributed by atoms with Gasteiger partial charge in [0.15, 0.2) is 4.67 Å². The summed E-state index contributed by atoms with van der Waals surface area (Å²) in [6.45, 7) is 1.63. The van der Waals surface area contributed by atoms with Crippen LogP contribution in [0.15, 0.2) is 21.4 Å². The minimum absolute atomic E-state index is 0.0821. The molecule has 1 amide bonds. The molecule has 0 radical (unpaired) electrons. The summed E-state index contributed by atoms with van der Waals surface area (Å²) in [5, 5.41) is 11.3. The van der Waals surface area contributed by atoms with E-state index in [9.17, 15) is 4.79 Å². The molecule has 0 saturated carbocycles. The van der Waals surface area contributed by atoms with Gasteiger partial charge in [-0.1, -0.05) is 0 Å². The number of amides is 1. The van der Waals surface area contributed by atoms with Crippen molar-refractivity contribution in [1.29, 1.82) is 0 Å². The summed E-state index contributed by atoms with van der Waals surface area (Å²) in [5.74, 6) is -0.262. The van der Waals surface area contributed by atoms with Crippen molar-refractivity contribution >= 4 is 21.8 Å². The zero-order chi connectivity index (χ0) is 9.84. The van der Waals surface area contributed by atoms with E-state index in [1.165, 1.54) is 6.26 Å². The minimum atomic E-state index is -0.262. The second-order valence-electron chi connectivity index (χ2n) is 2.67. The quantitative estimate of drug-likeness (QED) is 0.843. The summed E-state index contributed by atoms with van der Waals surface area (Å²) in [6, 6.07) is 1.30. The number of aliphatic hydroxyl groups excluding tert-OH is 1. The van der Waals surface area contributed by atoms with Crippen LogP contribution in [-0.4, -0.2) is 23.7 Å². The summed E-state index contributed by atoms with van der Waals surface area (Å²) >= 11 is 3.09. The highest BCUT2D eigenvalue weighted by atomic mass is 79.9. The van der Waals surface area contributed by atoms with Crippen molar-refractivity contribution < 1.29 is 14.3 Å². The Morgan fingerprint density at radius 2 is 2.54 bits per heavy atom. The molecule has 1 aromatic heterocycles. The Morgan fingerprint density at radius 1 is 1.85 bits per heavy atom. The number of hydrogen-bond donors (Lipinski definition) is 2. The Balaban J connectivity index is 2.64. The molecular formula is C8H10BrNO3. The summed E-state index contributed by atoms with van der Waals surface area (Å²) in [7, 11) is 0. The molecule has 0 aliphatic carbocycles. The van der Waals surface area contributed by atoms with Gasteiger partial charge in [0.2, 0.25) is 0 Å². The van der Waals surface area contributed by atoms with Crippen LogP contribution in [0.3, 0.4) is 0 Å². The van der Waals surface area contributed by atoms with Gasteiger partial charge in [-0.25, -0.2) is 0 Å². The van der Waals surface area contributed by atoms with Gasteiger partial charge in [0, 0.05) is 6.04 Å². The van der Waals surface area contributed by atoms with Gasteiger partial charge in [-0.2, -0.15) is 0 Å². The maximum atomic E-state index is 11.4. The standard InChI is InChI=1S/C8H10BrNO3/c1-5(4-11)10-8(12)6-2-3-13-7(6)9/h2-3,5,11H,4H2,1H3,(H,10,12). The van der Waals surface area contributed by atoms with Gasteiger partial charge in [0.1, 0.15) is 0 Å². The third kappa shape index (κ3) is 2.57. The lowest BCUT2D eigenvalue weighted by molar-refractivity contribution is 0.0920. The first-order valence-electron chi connectivity index (χ1n) is 3.80. The van der Waals surface area contributed by atoms with Gasteiger partial charge < -0.3 is 14.8 Å². The molecule has 1 unspecified atom stereocenters. The van der Waals surface area contributed by atoms with E-state index in [1.54, 1.807) is 13.0 Å². The molecule has 0 aliphatic rings. The summed E-state index contributed by atoms with van der Waals surface area (Å²) in [5.41, 5.74) is 0.431. The number of rotatable bonds is 3. The number of hydrogen-bond acceptors (Lipinski definition) is 3. The van der Waals surface area contributed by atoms with Crippen molar-refractivity contribution in [2.75, 3.05) is 6.61 Å². The Morgan fingerprint density at radius 3 is 3.00 bits per heavy atom. The summed E-state index contributed by atoms with van der Waals surface area (Å²) < 4.78 is 5.29. The molecule has 4 nitrogen and oxygen atoms in total. The smallest absolute Gasteiger partial charge is 0.256 e. The summed E-state index contributed by atoms with van der Waals surface area (Å²) in [4.78, 5) is 11.4. The van der Waals surface area contributed by atoms with Crippen LogP contribution < -0.4 is 5.32 Å². The topological polar surface area (TPSA) is 62.5 Å². The van der Waals surface area contributed by atoms with E-state index in [2.05, 4.69) is 21.2 Å². The first-order chi connectivity index (χ1) is 6.15. The maximum Gasteiger partial charge on any atom is 0.256 e. The molecule has 0 saturated heterocycles. The third-order valence-electron chi connectivity index (χ3n) is 1.51. The monoisotopic (exact) mass is 247 g/mol. The maximum absolute atomic E-state index is 11.4. The Kier molecular flexibility index (Phi) is 3.50. The number of halogens is 1. The van der Waals surface area contributed by atoms with Crippen molar-refractivity contribution in [3.63, 3.8) is 0 Å². The number of nitrogens with one attached hydrogen (secondary N) is 1. The lowest BCUT2D eigenvalue weighted by atomic mass is 10.3. The van der Waals surface area contributed by atoms with Crippen molar-refractivity contribution in [2.45, 2.75) is 13.0 Å². The van der Waals surface area contributed by atoms with Gasteiger partial charge in [-0.05, 0) is 28.9 Å². The predicted molar refractivity (Wildman–Crippen MR) is 50.4 cm³/mol. The van der Waals surface area contributed by atoms with Gasteiger partial charge in [0.05, 0.1) is 18.4 Å². The van der Waals surface area contributed by atoms with E-state index >= 15 is 0 Å². The molecule has 1 rings (SSSR count). The average molecular weight is 248 g/mol. The zero-order valence-electron chi connectivity index (χ0n) is 7.08. The van der Waals surface area contributed by atoms with Crippen LogP contribution in [0, 0.1) is 0 Å². The zero-order valence-corrected chi connectivity index (χ0v) is 8.67. The second-order valence-corrected chi connectivity index (χ2v) is 3.39. The first kappa shape index (κ1) is 10.3. The molecule has 1 aromatic rings. The van der Waals surface area contributed by atoms with Crippen LogP contribution in [0.1, 0.15) is 17.3 Å². The van der Waals surface area contributed by atoms with Gasteiger partial charge >= 0.3 is 0 Å². The molecule has 5 heteroatoms. The molecule has 72 valence electrons. The largest absolute Gasteiger partial charge is 0.457 e. The lowest BCUT2D eigenvalue weighted by Gasteiger charge is -2.09. The molecule has 0 aromatic carbocycles. The van der Waals surface area contributed by atoms with Gasteiger partial charge in [0.25, 0.3) is 5.91 Å². The number of carbonyl (C=O) groups is 1. The normalized spacial score (nSPS) is 12.5. The van der Waals surface area contributed by atoms with E-state index < -0.39 is 0 Å². The second kappa shape index (κ2) is 4.43. The van der Waals surface area contributed by atoms with E-state index in [0.29, 0.717) is 10.2 Å². The molecule has 1 atom stereocenters. The molecule has 0 bridgehead atoms. The Bertz CT molecular complexity index is 297. The van der Waals surface area contributed by atoms with Crippen LogP contribution in [-0.2, 0) is 0 Å². The SMILES string of the molecule is CC(CO)NC(=O)c1ccoc1Br. The molecule has 0 fully saturated rings. The lowest BCUT2D eigenvalue weighted by Crippen LogP contribution is -2.34. The first-order valence-corrected chi connectivity index (χ1v) is 4.59. The molecule has 13 heavy (non-hydrogen) atoms. The number of aliphatic hydroxyl groups is 1. The summed E-state index contributed by atoms with van der Waals surface area (Å²) in [6.07, 6.45) is 1.42. The number of carbonyl (C=O) groups excluding carboxylic acids is 1. The highest BCUT2D eigenvalue weighted by Crippen LogP contribution is 2.17. The van der Waals surface area contributed by atoms with E-state index in [-0.39, 0.29) is 18.6 Å². The van der Waals surface area contributed by atoms with Crippen LogP contribution in [0.4, 0.5) is 0 Å². The molecule has 1 heterocycles. The highest BCUT2D eigenvalue weighted by molar-refractivity contribution is 9.10. The van der Waals surface area contributed by atoms with Crippen molar-refractivity contribution in [1.82, 2.24) is 5.32 Å². The highest BCUT2D eigenvalue weighted by Gasteiger charge is 2.13. The molecular weight excluding hydrogens is 238 g/mol. The average Bonchev–Trinajstić information content (AvgIpc) is 2.51. The van der Waals surface area contributed by atoms with Crippen molar-refractivity contribution in [3.8, 4) is 0 Å². The van der Waals surface area contributed by atoms with E-state index in [0.717, 1.165) is 0 Å². The Labute approximate surface area is 84.1 Å². The third-order valence-corrected chi connectivity index (χ3v) is 2.13.